The summed E-state index contributed by atoms with van der Waals surface area (Å²) in [6.45, 7) is -0.290. The van der Waals surface area contributed by atoms with Gasteiger partial charge in [-0.15, -0.1) is 0 Å². The lowest BCUT2D eigenvalue weighted by Crippen LogP contribution is -2.24. The van der Waals surface area contributed by atoms with Gasteiger partial charge in [0.15, 0.2) is 11.2 Å². The van der Waals surface area contributed by atoms with E-state index in [1.807, 2.05) is 0 Å². The Kier molecular flexibility index (Phi) is 2.73. The van der Waals surface area contributed by atoms with Gasteiger partial charge in [-0.1, -0.05) is 0 Å². The lowest BCUT2D eigenvalue weighted by atomic mass is 10.2. The Bertz CT molecular complexity index is 665. The van der Waals surface area contributed by atoms with Gasteiger partial charge in [-0.25, -0.2) is 9.78 Å². The van der Waals surface area contributed by atoms with E-state index in [0.29, 0.717) is 0 Å². The molecule has 1 aliphatic rings. The minimum Gasteiger partial charge on any atom is -0.394 e. The number of nitrogen functional groups attached to an aromatic ring is 1. The third-order valence-corrected chi connectivity index (χ3v) is 3.07. The molecular formula is C10H12N4O5. The van der Waals surface area contributed by atoms with Crippen molar-refractivity contribution in [3.63, 3.8) is 0 Å². The van der Waals surface area contributed by atoms with Crippen LogP contribution in [0.25, 0.3) is 11.2 Å². The highest BCUT2D eigenvalue weighted by atomic mass is 16.5. The molecule has 102 valence electrons. The van der Waals surface area contributed by atoms with Crippen molar-refractivity contribution in [3.05, 3.63) is 16.7 Å². The summed E-state index contributed by atoms with van der Waals surface area (Å²) in [4.78, 5) is 19.3. The molecule has 9 nitrogen and oxygen atoms in total. The molecule has 1 saturated heterocycles. The van der Waals surface area contributed by atoms with E-state index in [-0.39, 0.29) is 30.2 Å². The Morgan fingerprint density at radius 3 is 3.05 bits per heavy atom. The van der Waals surface area contributed by atoms with E-state index in [1.165, 1.54) is 10.9 Å². The average Bonchev–Trinajstić information content (AvgIpc) is 2.92. The molecule has 0 bridgehead atoms. The molecule has 2 aromatic rings. The number of hydrogen-bond donors (Lipinski definition) is 3. The van der Waals surface area contributed by atoms with Crippen LogP contribution in [0.2, 0.25) is 0 Å². The number of aliphatic hydroxyl groups excluding tert-OH is 2. The van der Waals surface area contributed by atoms with Crippen molar-refractivity contribution in [3.8, 4) is 0 Å². The van der Waals surface area contributed by atoms with Crippen molar-refractivity contribution in [2.24, 2.45) is 0 Å². The number of imidazole rings is 1. The van der Waals surface area contributed by atoms with E-state index in [9.17, 15) is 9.90 Å². The first-order valence-electron chi connectivity index (χ1n) is 5.67. The summed E-state index contributed by atoms with van der Waals surface area (Å²) in [5.41, 5.74) is 4.97. The van der Waals surface area contributed by atoms with Gasteiger partial charge in [-0.3, -0.25) is 4.57 Å². The maximum atomic E-state index is 11.5. The lowest BCUT2D eigenvalue weighted by molar-refractivity contribution is -0.0432. The molecule has 3 atom stereocenters. The van der Waals surface area contributed by atoms with Crippen LogP contribution in [0.15, 0.2) is 15.5 Å². The van der Waals surface area contributed by atoms with E-state index < -0.39 is 24.1 Å². The SMILES string of the molecule is Nc1nc2c(ncn2[C@H]2C[C@@H](O)[C@H](CO)O2)c(=O)o1. The number of aromatic nitrogens is 3. The molecule has 0 spiro atoms. The van der Waals surface area contributed by atoms with Crippen LogP contribution in [0.1, 0.15) is 12.6 Å². The maximum Gasteiger partial charge on any atom is 0.368 e. The van der Waals surface area contributed by atoms with Crippen molar-refractivity contribution in [1.82, 2.24) is 14.5 Å². The summed E-state index contributed by atoms with van der Waals surface area (Å²) in [6, 6.07) is -0.267. The molecule has 0 saturated carbocycles. The van der Waals surface area contributed by atoms with Crippen LogP contribution in [0.5, 0.6) is 0 Å². The monoisotopic (exact) mass is 268 g/mol. The third-order valence-electron chi connectivity index (χ3n) is 3.07. The van der Waals surface area contributed by atoms with Gasteiger partial charge >= 0.3 is 5.63 Å². The molecule has 0 radical (unpaired) electrons. The standard InChI is InChI=1S/C10H12N4O5/c11-10-13-8-7(9(17)19-10)12-3-14(8)6-1-4(16)5(2-15)18-6/h3-6,15-16H,1-2H2,(H2,11,13)/t4-,5+,6-/m1/s1. The van der Waals surface area contributed by atoms with Crippen molar-refractivity contribution in [1.29, 1.82) is 0 Å². The zero-order valence-corrected chi connectivity index (χ0v) is 9.76. The highest BCUT2D eigenvalue weighted by Crippen LogP contribution is 2.30. The summed E-state index contributed by atoms with van der Waals surface area (Å²) in [5.74, 6) is 0. The van der Waals surface area contributed by atoms with E-state index in [1.54, 1.807) is 0 Å². The normalized spacial score (nSPS) is 27.2. The summed E-state index contributed by atoms with van der Waals surface area (Å²) in [6.07, 6.45) is -0.389. The average molecular weight is 268 g/mol. The van der Waals surface area contributed by atoms with Crippen LogP contribution >= 0.6 is 0 Å². The smallest absolute Gasteiger partial charge is 0.368 e. The molecule has 1 aliphatic heterocycles. The fourth-order valence-electron chi connectivity index (χ4n) is 2.14. The van der Waals surface area contributed by atoms with Crippen molar-refractivity contribution in [2.45, 2.75) is 24.9 Å². The molecule has 0 aliphatic carbocycles. The number of nitrogens with two attached hydrogens (primary N) is 1. The van der Waals surface area contributed by atoms with Crippen molar-refractivity contribution in [2.75, 3.05) is 12.3 Å². The second kappa shape index (κ2) is 4.30. The van der Waals surface area contributed by atoms with Gasteiger partial charge in [0.1, 0.15) is 12.3 Å². The highest BCUT2D eigenvalue weighted by molar-refractivity contribution is 5.69. The van der Waals surface area contributed by atoms with Gasteiger partial charge in [0.2, 0.25) is 0 Å². The van der Waals surface area contributed by atoms with Crippen LogP contribution in [0, 0.1) is 0 Å². The first-order chi connectivity index (χ1) is 9.10. The fraction of sp³-hybridized carbons (Fsp3) is 0.500. The maximum absolute atomic E-state index is 11.5. The fourth-order valence-corrected chi connectivity index (χ4v) is 2.14. The van der Waals surface area contributed by atoms with Crippen molar-refractivity contribution < 1.29 is 19.4 Å². The molecule has 3 heterocycles. The Morgan fingerprint density at radius 1 is 1.58 bits per heavy atom. The topological polar surface area (TPSA) is 137 Å². The molecule has 9 heteroatoms. The number of anilines is 1. The van der Waals surface area contributed by atoms with E-state index in [2.05, 4.69) is 14.4 Å². The molecule has 19 heavy (non-hydrogen) atoms. The minimum atomic E-state index is -0.787. The van der Waals surface area contributed by atoms with Crippen LogP contribution in [-0.2, 0) is 4.74 Å². The summed E-state index contributed by atoms with van der Waals surface area (Å²) in [7, 11) is 0. The predicted molar refractivity (Wildman–Crippen MR) is 62.1 cm³/mol. The summed E-state index contributed by atoms with van der Waals surface area (Å²) >= 11 is 0. The van der Waals surface area contributed by atoms with E-state index in [4.69, 9.17) is 15.6 Å². The molecule has 0 amide bonds. The Balaban J connectivity index is 2.05. The van der Waals surface area contributed by atoms with Crippen LogP contribution in [0.4, 0.5) is 6.01 Å². The minimum absolute atomic E-state index is 0.0414. The van der Waals surface area contributed by atoms with Crippen LogP contribution in [0.3, 0.4) is 0 Å². The molecule has 0 aromatic carbocycles. The largest absolute Gasteiger partial charge is 0.394 e. The summed E-state index contributed by atoms with van der Waals surface area (Å²) < 4.78 is 11.6. The first kappa shape index (κ1) is 12.1. The number of hydrogen-bond acceptors (Lipinski definition) is 8. The van der Waals surface area contributed by atoms with Crippen molar-refractivity contribution >= 4 is 17.2 Å². The van der Waals surface area contributed by atoms with Gasteiger partial charge in [-0.05, 0) is 0 Å². The number of aliphatic hydroxyl groups is 2. The Labute approximate surface area is 106 Å². The second-order valence-electron chi connectivity index (χ2n) is 4.28. The number of rotatable bonds is 2. The summed E-state index contributed by atoms with van der Waals surface area (Å²) in [5, 5.41) is 18.7. The Hall–Kier alpha value is -1.97. The zero-order valence-electron chi connectivity index (χ0n) is 9.76. The molecule has 0 unspecified atom stereocenters. The van der Waals surface area contributed by atoms with Gasteiger partial charge in [0, 0.05) is 6.42 Å². The van der Waals surface area contributed by atoms with E-state index in [0.717, 1.165) is 0 Å². The van der Waals surface area contributed by atoms with Crippen LogP contribution < -0.4 is 11.4 Å². The molecule has 3 rings (SSSR count). The predicted octanol–water partition coefficient (Wildman–Crippen LogP) is -1.39. The molecule has 2 aromatic heterocycles. The lowest BCUT2D eigenvalue weighted by Gasteiger charge is -2.13. The molecule has 1 fully saturated rings. The van der Waals surface area contributed by atoms with E-state index >= 15 is 0 Å². The third kappa shape index (κ3) is 1.87. The molecular weight excluding hydrogens is 256 g/mol. The highest BCUT2D eigenvalue weighted by Gasteiger charge is 2.35. The van der Waals surface area contributed by atoms with Gasteiger partial charge in [-0.2, -0.15) is 4.98 Å². The number of fused-ring (bicyclic) bond motifs is 1. The quantitative estimate of drug-likeness (QED) is 0.605. The van der Waals surface area contributed by atoms with Gasteiger partial charge < -0.3 is 25.1 Å². The molecule has 4 N–H and O–H groups in total. The number of nitrogens with zero attached hydrogens (tertiary/aromatic N) is 3. The van der Waals surface area contributed by atoms with Gasteiger partial charge in [0.05, 0.1) is 19.0 Å². The van der Waals surface area contributed by atoms with Gasteiger partial charge in [0.25, 0.3) is 6.01 Å². The number of ether oxygens (including phenoxy) is 1. The zero-order chi connectivity index (χ0) is 13.6. The van der Waals surface area contributed by atoms with Crippen LogP contribution in [-0.4, -0.2) is 43.6 Å². The Morgan fingerprint density at radius 2 is 2.37 bits per heavy atom. The first-order valence-corrected chi connectivity index (χ1v) is 5.67. The second-order valence-corrected chi connectivity index (χ2v) is 4.28.